The van der Waals surface area contributed by atoms with E-state index < -0.39 is 5.82 Å². The molecule has 1 atom stereocenters. The molecule has 2 saturated heterocycles. The third kappa shape index (κ3) is 5.86. The average Bonchev–Trinajstić information content (AvgIpc) is 3.26. The van der Waals surface area contributed by atoms with Crippen molar-refractivity contribution in [3.05, 3.63) is 76.5 Å². The van der Waals surface area contributed by atoms with Crippen molar-refractivity contribution in [1.82, 2.24) is 29.4 Å². The molecule has 0 N–H and O–H groups in total. The van der Waals surface area contributed by atoms with Crippen LogP contribution in [-0.4, -0.2) is 61.3 Å². The van der Waals surface area contributed by atoms with Gasteiger partial charge in [-0.05, 0) is 37.0 Å². The van der Waals surface area contributed by atoms with E-state index in [2.05, 4.69) is 30.5 Å². The van der Waals surface area contributed by atoms with E-state index in [-0.39, 0.29) is 18.1 Å². The third-order valence-corrected chi connectivity index (χ3v) is 7.48. The van der Waals surface area contributed by atoms with Crippen LogP contribution in [0.1, 0.15) is 42.2 Å². The van der Waals surface area contributed by atoms with E-state index in [0.717, 1.165) is 61.4 Å². The highest BCUT2D eigenvalue weighted by Gasteiger charge is 2.26. The first kappa shape index (κ1) is 25.6. The number of benzene rings is 1. The Morgan fingerprint density at radius 1 is 1.10 bits per heavy atom. The van der Waals surface area contributed by atoms with Gasteiger partial charge in [0, 0.05) is 37.2 Å². The normalized spacial score (nSPS) is 18.1. The minimum Gasteiger partial charge on any atom is -0.472 e. The summed E-state index contributed by atoms with van der Waals surface area (Å²) in [4.78, 5) is 19.9. The maximum atomic E-state index is 14.5. The fraction of sp³-hybridized carbons (Fsp3) is 0.393. The van der Waals surface area contributed by atoms with Crippen LogP contribution in [0.2, 0.25) is 5.02 Å². The van der Waals surface area contributed by atoms with E-state index in [9.17, 15) is 9.65 Å². The number of aromatic nitrogens is 5. The zero-order valence-electron chi connectivity index (χ0n) is 21.3. The van der Waals surface area contributed by atoms with Gasteiger partial charge >= 0.3 is 0 Å². The van der Waals surface area contributed by atoms with Gasteiger partial charge in [0.2, 0.25) is 5.82 Å². The summed E-state index contributed by atoms with van der Waals surface area (Å²) in [6.07, 6.45) is 5.88. The Balaban J connectivity index is 1.10. The number of hydrogen-bond donors (Lipinski definition) is 0. The summed E-state index contributed by atoms with van der Waals surface area (Å²) >= 11 is 5.96. The molecule has 0 spiro atoms. The van der Waals surface area contributed by atoms with Gasteiger partial charge in [0.15, 0.2) is 0 Å². The number of nitrogens with zero attached hydrogens (tertiary/aromatic N) is 7. The van der Waals surface area contributed by atoms with Gasteiger partial charge in [-0.2, -0.15) is 14.6 Å². The summed E-state index contributed by atoms with van der Waals surface area (Å²) in [5.41, 5.74) is 3.01. The fourth-order valence-electron chi connectivity index (χ4n) is 4.97. The Morgan fingerprint density at radius 3 is 2.62 bits per heavy atom. The molecule has 0 radical (unpaired) electrons. The van der Waals surface area contributed by atoms with E-state index >= 15 is 0 Å². The number of pyridine rings is 1. The molecule has 0 saturated carbocycles. The Bertz CT molecular complexity index is 1510. The van der Waals surface area contributed by atoms with Gasteiger partial charge in [-0.15, -0.1) is 0 Å². The second-order valence-corrected chi connectivity index (χ2v) is 10.4. The van der Waals surface area contributed by atoms with Crippen LogP contribution in [0.4, 0.5) is 4.39 Å². The highest BCUT2D eigenvalue weighted by Crippen LogP contribution is 2.25. The standard InChI is InChI=1S/C28H27ClFN7O2/c29-19-3-1-18(2-4-19)11-26-33-14-23(30)28(35-26)39-21-5-8-36(9-6-21)17-27-34-24-12-20(13-31)32-15-25(24)37(27)16-22-7-10-38-22/h1-4,12,14-15,21-22H,5-11,16-17H2/t22-/m0/s1. The molecular formula is C28H27ClFN7O2. The van der Waals surface area contributed by atoms with Crippen molar-refractivity contribution in [2.75, 3.05) is 19.7 Å². The summed E-state index contributed by atoms with van der Waals surface area (Å²) in [6, 6.07) is 11.2. The summed E-state index contributed by atoms with van der Waals surface area (Å²) in [6.45, 7) is 3.71. The van der Waals surface area contributed by atoms with Gasteiger partial charge < -0.3 is 14.0 Å². The van der Waals surface area contributed by atoms with Crippen LogP contribution >= 0.6 is 11.6 Å². The Kier molecular flexibility index (Phi) is 7.37. The third-order valence-electron chi connectivity index (χ3n) is 7.22. The number of rotatable bonds is 8. The highest BCUT2D eigenvalue weighted by atomic mass is 35.5. The summed E-state index contributed by atoms with van der Waals surface area (Å²) in [7, 11) is 0. The predicted octanol–water partition coefficient (Wildman–Crippen LogP) is 4.31. The first-order valence-electron chi connectivity index (χ1n) is 13.1. The first-order chi connectivity index (χ1) is 19.0. The van der Waals surface area contributed by atoms with Crippen LogP contribution in [0.15, 0.2) is 42.7 Å². The Morgan fingerprint density at radius 2 is 1.90 bits per heavy atom. The largest absolute Gasteiger partial charge is 0.472 e. The molecule has 39 heavy (non-hydrogen) atoms. The zero-order chi connectivity index (χ0) is 26.8. The van der Waals surface area contributed by atoms with Crippen LogP contribution < -0.4 is 4.74 Å². The lowest BCUT2D eigenvalue weighted by Gasteiger charge is -2.32. The summed E-state index contributed by atoms with van der Waals surface area (Å²) in [5, 5.41) is 9.90. The van der Waals surface area contributed by atoms with Gasteiger partial charge in [0.25, 0.3) is 5.88 Å². The van der Waals surface area contributed by atoms with E-state index in [1.54, 1.807) is 12.3 Å². The molecule has 11 heteroatoms. The van der Waals surface area contributed by atoms with Crippen molar-refractivity contribution in [3.63, 3.8) is 0 Å². The zero-order valence-corrected chi connectivity index (χ0v) is 22.0. The van der Waals surface area contributed by atoms with Crippen molar-refractivity contribution >= 4 is 22.6 Å². The molecule has 2 fully saturated rings. The summed E-state index contributed by atoms with van der Waals surface area (Å²) < 4.78 is 28.3. The van der Waals surface area contributed by atoms with Crippen molar-refractivity contribution in [2.24, 2.45) is 0 Å². The minimum atomic E-state index is -0.561. The van der Waals surface area contributed by atoms with Gasteiger partial charge in [-0.25, -0.2) is 15.0 Å². The summed E-state index contributed by atoms with van der Waals surface area (Å²) in [5.74, 6) is 0.852. The lowest BCUT2D eigenvalue weighted by Crippen LogP contribution is -2.39. The lowest BCUT2D eigenvalue weighted by molar-refractivity contribution is -0.0592. The molecule has 0 bridgehead atoms. The van der Waals surface area contributed by atoms with E-state index in [0.29, 0.717) is 36.1 Å². The maximum absolute atomic E-state index is 14.5. The van der Waals surface area contributed by atoms with E-state index in [1.807, 2.05) is 24.3 Å². The van der Waals surface area contributed by atoms with Crippen molar-refractivity contribution in [1.29, 1.82) is 5.26 Å². The monoisotopic (exact) mass is 547 g/mol. The minimum absolute atomic E-state index is 0.00417. The molecule has 6 rings (SSSR count). The first-order valence-corrected chi connectivity index (χ1v) is 13.4. The molecule has 2 aliphatic rings. The van der Waals surface area contributed by atoms with E-state index in [4.69, 9.17) is 26.1 Å². The Hall–Kier alpha value is -3.65. The van der Waals surface area contributed by atoms with E-state index in [1.165, 1.54) is 6.20 Å². The lowest BCUT2D eigenvalue weighted by atomic mass is 10.1. The number of fused-ring (bicyclic) bond motifs is 1. The molecule has 4 aromatic rings. The predicted molar refractivity (Wildman–Crippen MR) is 142 cm³/mol. The molecular weight excluding hydrogens is 521 g/mol. The number of halogens is 2. The van der Waals surface area contributed by atoms with Gasteiger partial charge in [-0.1, -0.05) is 23.7 Å². The van der Waals surface area contributed by atoms with Gasteiger partial charge in [0.05, 0.1) is 42.6 Å². The molecule has 3 aromatic heterocycles. The molecule has 0 aliphatic carbocycles. The van der Waals surface area contributed by atoms with Crippen LogP contribution in [0.5, 0.6) is 5.88 Å². The van der Waals surface area contributed by atoms with Crippen LogP contribution in [0, 0.1) is 17.1 Å². The molecule has 9 nitrogen and oxygen atoms in total. The second-order valence-electron chi connectivity index (χ2n) is 9.93. The Labute approximate surface area is 230 Å². The van der Waals surface area contributed by atoms with Gasteiger partial charge in [-0.3, -0.25) is 4.90 Å². The van der Waals surface area contributed by atoms with Crippen LogP contribution in [-0.2, 0) is 24.2 Å². The number of likely N-dealkylation sites (tertiary alicyclic amines) is 1. The van der Waals surface area contributed by atoms with Gasteiger partial charge in [0.1, 0.15) is 29.5 Å². The van der Waals surface area contributed by atoms with Crippen molar-refractivity contribution < 1.29 is 13.9 Å². The topological polar surface area (TPSA) is 102 Å². The van der Waals surface area contributed by atoms with Crippen LogP contribution in [0.3, 0.4) is 0 Å². The average molecular weight is 548 g/mol. The number of imidazole rings is 1. The fourth-order valence-corrected chi connectivity index (χ4v) is 5.10. The smallest absolute Gasteiger partial charge is 0.254 e. The number of piperidine rings is 1. The molecule has 0 amide bonds. The highest BCUT2D eigenvalue weighted by molar-refractivity contribution is 6.30. The van der Waals surface area contributed by atoms with Crippen LogP contribution in [0.25, 0.3) is 11.0 Å². The second kappa shape index (κ2) is 11.2. The molecule has 5 heterocycles. The molecule has 200 valence electrons. The quantitative estimate of drug-likeness (QED) is 0.321. The molecule has 1 aromatic carbocycles. The molecule has 0 unspecified atom stereocenters. The molecule has 2 aliphatic heterocycles. The van der Waals surface area contributed by atoms with Crippen molar-refractivity contribution in [2.45, 2.75) is 51.0 Å². The number of hydrogen-bond acceptors (Lipinski definition) is 8. The maximum Gasteiger partial charge on any atom is 0.254 e. The van der Waals surface area contributed by atoms with Crippen molar-refractivity contribution in [3.8, 4) is 11.9 Å². The SMILES string of the molecule is N#Cc1cc2nc(CN3CCC(Oc4nc(Cc5ccc(Cl)cc5)ncc4F)CC3)n(C[C@@H]3CCO3)c2cn1. The number of ether oxygens (including phenoxy) is 2. The number of nitriles is 1.